The van der Waals surface area contributed by atoms with E-state index in [-0.39, 0.29) is 57.0 Å². The average molecular weight is 534 g/mol. The molecule has 1 aromatic carbocycles. The number of carbonyl (C=O) groups is 3. The Labute approximate surface area is 223 Å². The fourth-order valence-electron chi connectivity index (χ4n) is 4.88. The Morgan fingerprint density at radius 2 is 2.03 bits per heavy atom. The summed E-state index contributed by atoms with van der Waals surface area (Å²) < 4.78 is 19.1. The summed E-state index contributed by atoms with van der Waals surface area (Å²) in [5, 5.41) is 11.2. The lowest BCUT2D eigenvalue weighted by Crippen LogP contribution is -2.47. The van der Waals surface area contributed by atoms with Gasteiger partial charge >= 0.3 is 0 Å². The highest BCUT2D eigenvalue weighted by molar-refractivity contribution is 6.02. The third-order valence-electron chi connectivity index (χ3n) is 6.88. The molecule has 2 bridgehead atoms. The highest BCUT2D eigenvalue weighted by atomic mass is 16.5. The van der Waals surface area contributed by atoms with Crippen molar-refractivity contribution >= 4 is 23.4 Å². The SMILES string of the molecule is Cc1ccc2c(c1)N(CC(=O)N1C[C@@H]3NC(=O)c4ncccc4OCCn4cc(nn4)CO[C@H]3C1)C(=O)CO2. The van der Waals surface area contributed by atoms with Crippen LogP contribution in [-0.4, -0.2) is 87.6 Å². The normalized spacial score (nSPS) is 21.1. The second kappa shape index (κ2) is 10.3. The minimum Gasteiger partial charge on any atom is -0.489 e. The van der Waals surface area contributed by atoms with Gasteiger partial charge in [0, 0.05) is 19.3 Å². The average Bonchev–Trinajstić information content (AvgIpc) is 3.55. The van der Waals surface area contributed by atoms with Gasteiger partial charge in [0.15, 0.2) is 18.1 Å². The third-order valence-corrected chi connectivity index (χ3v) is 6.88. The summed E-state index contributed by atoms with van der Waals surface area (Å²) >= 11 is 0. The van der Waals surface area contributed by atoms with Crippen molar-refractivity contribution in [1.29, 1.82) is 0 Å². The maximum Gasteiger partial charge on any atom is 0.274 e. The first kappa shape index (κ1) is 24.8. The number of benzene rings is 1. The summed E-state index contributed by atoms with van der Waals surface area (Å²) in [6.07, 6.45) is 2.77. The predicted molar refractivity (Wildman–Crippen MR) is 135 cm³/mol. The fraction of sp³-hybridized carbons (Fsp3) is 0.385. The zero-order valence-electron chi connectivity index (χ0n) is 21.3. The molecule has 3 aliphatic heterocycles. The lowest BCUT2D eigenvalue weighted by molar-refractivity contribution is -0.131. The van der Waals surface area contributed by atoms with Crippen LogP contribution in [0.15, 0.2) is 42.7 Å². The van der Waals surface area contributed by atoms with Crippen molar-refractivity contribution in [2.75, 3.05) is 37.7 Å². The number of likely N-dealkylation sites (tertiary alicyclic amines) is 1. The summed E-state index contributed by atoms with van der Waals surface area (Å²) in [5.74, 6) is -0.0984. The molecule has 1 fully saturated rings. The van der Waals surface area contributed by atoms with Crippen LogP contribution in [0.4, 0.5) is 5.69 Å². The molecule has 0 radical (unpaired) electrons. The Morgan fingerprint density at radius 1 is 1.13 bits per heavy atom. The second-order valence-corrected chi connectivity index (χ2v) is 9.64. The summed E-state index contributed by atoms with van der Waals surface area (Å²) in [7, 11) is 0. The summed E-state index contributed by atoms with van der Waals surface area (Å²) in [5.41, 5.74) is 2.27. The van der Waals surface area contributed by atoms with Crippen molar-refractivity contribution in [3.8, 4) is 11.5 Å². The van der Waals surface area contributed by atoms with Gasteiger partial charge in [0.1, 0.15) is 24.6 Å². The molecule has 1 saturated heterocycles. The Hall–Kier alpha value is -4.52. The van der Waals surface area contributed by atoms with Crippen LogP contribution in [0.2, 0.25) is 0 Å². The van der Waals surface area contributed by atoms with Gasteiger partial charge < -0.3 is 24.4 Å². The fourth-order valence-corrected chi connectivity index (χ4v) is 4.88. The molecular formula is C26H27N7O6. The van der Waals surface area contributed by atoms with Crippen molar-refractivity contribution in [2.45, 2.75) is 32.2 Å². The van der Waals surface area contributed by atoms with Crippen molar-refractivity contribution in [1.82, 2.24) is 30.2 Å². The maximum absolute atomic E-state index is 13.5. The van der Waals surface area contributed by atoms with Gasteiger partial charge in [0.25, 0.3) is 11.8 Å². The lowest BCUT2D eigenvalue weighted by atomic mass is 10.1. The summed E-state index contributed by atoms with van der Waals surface area (Å²) in [4.78, 5) is 46.6. The van der Waals surface area contributed by atoms with E-state index in [0.717, 1.165) is 5.56 Å². The van der Waals surface area contributed by atoms with E-state index < -0.39 is 18.1 Å². The van der Waals surface area contributed by atoms with E-state index in [1.54, 1.807) is 34.0 Å². The van der Waals surface area contributed by atoms with Gasteiger partial charge in [-0.3, -0.25) is 19.3 Å². The van der Waals surface area contributed by atoms with E-state index in [9.17, 15) is 14.4 Å². The molecule has 202 valence electrons. The number of carbonyl (C=O) groups excluding carboxylic acids is 3. The molecule has 5 heterocycles. The number of rotatable bonds is 2. The predicted octanol–water partition coefficient (Wildman–Crippen LogP) is 0.326. The summed E-state index contributed by atoms with van der Waals surface area (Å²) in [6.45, 7) is 2.90. The smallest absolute Gasteiger partial charge is 0.274 e. The van der Waals surface area contributed by atoms with Crippen molar-refractivity contribution in [3.63, 3.8) is 0 Å². The Balaban J connectivity index is 1.23. The van der Waals surface area contributed by atoms with Crippen LogP contribution < -0.4 is 19.7 Å². The Kier molecular flexibility index (Phi) is 6.57. The monoisotopic (exact) mass is 533 g/mol. The molecule has 2 atom stereocenters. The molecule has 2 aromatic heterocycles. The van der Waals surface area contributed by atoms with Gasteiger partial charge in [0.2, 0.25) is 5.91 Å². The maximum atomic E-state index is 13.5. The molecule has 0 unspecified atom stereocenters. The van der Waals surface area contributed by atoms with Crippen molar-refractivity contribution in [3.05, 3.63) is 59.7 Å². The largest absolute Gasteiger partial charge is 0.489 e. The quantitative estimate of drug-likeness (QED) is 0.493. The molecule has 3 aliphatic rings. The van der Waals surface area contributed by atoms with Gasteiger partial charge in [0.05, 0.1) is 37.2 Å². The third kappa shape index (κ3) is 5.12. The number of anilines is 1. The highest BCUT2D eigenvalue weighted by Gasteiger charge is 2.39. The first-order valence-corrected chi connectivity index (χ1v) is 12.7. The number of ether oxygens (including phenoxy) is 3. The first-order chi connectivity index (χ1) is 18.9. The van der Waals surface area contributed by atoms with E-state index in [4.69, 9.17) is 14.2 Å². The minimum atomic E-state index is -0.524. The number of aryl methyl sites for hydroxylation is 1. The van der Waals surface area contributed by atoms with Crippen molar-refractivity contribution in [2.24, 2.45) is 0 Å². The van der Waals surface area contributed by atoms with E-state index in [1.807, 2.05) is 19.1 Å². The number of hydrogen-bond donors (Lipinski definition) is 1. The molecular weight excluding hydrogens is 506 g/mol. The van der Waals surface area contributed by atoms with Gasteiger partial charge in [-0.2, -0.15) is 0 Å². The number of nitrogens with one attached hydrogen (secondary N) is 1. The molecule has 3 aromatic rings. The van der Waals surface area contributed by atoms with Gasteiger partial charge in [-0.25, -0.2) is 9.67 Å². The zero-order valence-corrected chi connectivity index (χ0v) is 21.3. The van der Waals surface area contributed by atoms with E-state index in [0.29, 0.717) is 29.4 Å². The second-order valence-electron chi connectivity index (χ2n) is 9.64. The molecule has 3 amide bonds. The van der Waals surface area contributed by atoms with Crippen LogP contribution >= 0.6 is 0 Å². The number of aromatic nitrogens is 4. The number of hydrogen-bond acceptors (Lipinski definition) is 9. The minimum absolute atomic E-state index is 0.136. The van der Waals surface area contributed by atoms with Gasteiger partial charge in [-0.15, -0.1) is 5.10 Å². The molecule has 13 heteroatoms. The van der Waals surface area contributed by atoms with Crippen LogP contribution in [0.1, 0.15) is 21.7 Å². The molecule has 13 nitrogen and oxygen atoms in total. The molecule has 1 N–H and O–H groups in total. The summed E-state index contributed by atoms with van der Waals surface area (Å²) in [6, 6.07) is 8.36. The molecule has 0 aliphatic carbocycles. The molecule has 39 heavy (non-hydrogen) atoms. The van der Waals surface area contributed by atoms with Crippen molar-refractivity contribution < 1.29 is 28.6 Å². The molecule has 0 saturated carbocycles. The van der Waals surface area contributed by atoms with Crippen LogP contribution in [0.3, 0.4) is 0 Å². The first-order valence-electron chi connectivity index (χ1n) is 12.7. The van der Waals surface area contributed by atoms with Gasteiger partial charge in [-0.05, 0) is 36.8 Å². The van der Waals surface area contributed by atoms with Crippen LogP contribution in [0.5, 0.6) is 11.5 Å². The van der Waals surface area contributed by atoms with E-state index >= 15 is 0 Å². The lowest BCUT2D eigenvalue weighted by Gasteiger charge is -2.30. The topological polar surface area (TPSA) is 141 Å². The number of nitrogens with zero attached hydrogens (tertiary/aromatic N) is 6. The van der Waals surface area contributed by atoms with Crippen LogP contribution in [-0.2, 0) is 27.5 Å². The molecule has 0 spiro atoms. The van der Waals surface area contributed by atoms with E-state index in [2.05, 4.69) is 20.6 Å². The standard InChI is InChI=1S/C26H27N7O6/c1-16-4-5-20-19(9-16)33(24(35)15-39-20)13-23(34)31-11-18-22(12-31)38-14-17-10-32(30-29-17)7-8-37-21-3-2-6-27-25(21)26(36)28-18/h2-6,9-10,18,22H,7-8,11-15H2,1H3,(H,28,36)/t18-,22-/m0/s1. The Bertz CT molecular complexity index is 1430. The number of fused-ring (bicyclic) bond motifs is 5. The highest BCUT2D eigenvalue weighted by Crippen LogP contribution is 2.33. The number of amides is 3. The van der Waals surface area contributed by atoms with E-state index in [1.165, 1.54) is 11.1 Å². The zero-order chi connectivity index (χ0) is 26.9. The Morgan fingerprint density at radius 3 is 2.92 bits per heavy atom. The number of pyridine rings is 1. The van der Waals surface area contributed by atoms with Crippen LogP contribution in [0, 0.1) is 6.92 Å². The van der Waals surface area contributed by atoms with Crippen LogP contribution in [0.25, 0.3) is 0 Å². The van der Waals surface area contributed by atoms with Gasteiger partial charge in [-0.1, -0.05) is 11.3 Å². The molecule has 6 rings (SSSR count).